The second-order valence-corrected chi connectivity index (χ2v) is 6.40. The van der Waals surface area contributed by atoms with E-state index in [2.05, 4.69) is 20.8 Å². The van der Waals surface area contributed by atoms with Crippen LogP contribution < -0.4 is 5.73 Å². The SMILES string of the molecule is CC1(C)C2CCC1(C)C(C(CN)CO)C2. The molecule has 2 bridgehead atoms. The Bertz CT molecular complexity index is 247. The molecule has 3 N–H and O–H groups in total. The number of hydrogen-bond acceptors (Lipinski definition) is 2. The fourth-order valence-electron chi connectivity index (χ4n) is 4.34. The van der Waals surface area contributed by atoms with Crippen molar-refractivity contribution in [2.24, 2.45) is 34.3 Å². The Balaban J connectivity index is 2.25. The molecule has 0 aromatic heterocycles. The van der Waals surface area contributed by atoms with Crippen LogP contribution in [0.4, 0.5) is 0 Å². The van der Waals surface area contributed by atoms with Crippen LogP contribution in [0.2, 0.25) is 0 Å². The molecule has 2 saturated carbocycles. The molecule has 2 fully saturated rings. The quantitative estimate of drug-likeness (QED) is 0.750. The molecular weight excluding hydrogens is 186 g/mol. The van der Waals surface area contributed by atoms with Crippen molar-refractivity contribution >= 4 is 0 Å². The molecule has 0 aromatic carbocycles. The van der Waals surface area contributed by atoms with Crippen LogP contribution in [-0.4, -0.2) is 18.3 Å². The third-order valence-electron chi connectivity index (χ3n) is 5.97. The van der Waals surface area contributed by atoms with E-state index in [1.54, 1.807) is 0 Å². The van der Waals surface area contributed by atoms with Gasteiger partial charge in [0.05, 0.1) is 0 Å². The summed E-state index contributed by atoms with van der Waals surface area (Å²) in [5.74, 6) is 1.81. The number of aliphatic hydroxyl groups excluding tert-OH is 1. The summed E-state index contributed by atoms with van der Waals surface area (Å²) in [5.41, 5.74) is 6.63. The zero-order valence-electron chi connectivity index (χ0n) is 10.3. The maximum absolute atomic E-state index is 9.42. The van der Waals surface area contributed by atoms with Crippen molar-refractivity contribution in [3.8, 4) is 0 Å². The summed E-state index contributed by atoms with van der Waals surface area (Å²) in [7, 11) is 0. The lowest BCUT2D eigenvalue weighted by atomic mass is 9.63. The van der Waals surface area contributed by atoms with Crippen LogP contribution in [0.3, 0.4) is 0 Å². The number of hydrogen-bond donors (Lipinski definition) is 2. The van der Waals surface area contributed by atoms with Gasteiger partial charge in [0.1, 0.15) is 0 Å². The molecule has 15 heavy (non-hydrogen) atoms. The summed E-state index contributed by atoms with van der Waals surface area (Å²) < 4.78 is 0. The molecule has 0 aromatic rings. The highest BCUT2D eigenvalue weighted by Gasteiger charge is 2.62. The van der Waals surface area contributed by atoms with E-state index in [1.807, 2.05) is 0 Å². The van der Waals surface area contributed by atoms with E-state index in [9.17, 15) is 5.11 Å². The number of rotatable bonds is 3. The normalized spacial score (nSPS) is 44.6. The third-order valence-corrected chi connectivity index (χ3v) is 5.97. The molecular formula is C13H25NO. The summed E-state index contributed by atoms with van der Waals surface area (Å²) in [6, 6.07) is 0. The Morgan fingerprint density at radius 1 is 1.40 bits per heavy atom. The van der Waals surface area contributed by atoms with Gasteiger partial charge in [0, 0.05) is 6.61 Å². The molecule has 2 aliphatic rings. The van der Waals surface area contributed by atoms with Crippen LogP contribution in [0, 0.1) is 28.6 Å². The standard InChI is InChI=1S/C13H25NO/c1-12(2)10-4-5-13(12,3)11(6-10)9(7-14)8-15/h9-11,15H,4-8,14H2,1-3H3. The summed E-state index contributed by atoms with van der Waals surface area (Å²) in [6.45, 7) is 8.15. The van der Waals surface area contributed by atoms with Crippen LogP contribution in [0.25, 0.3) is 0 Å². The van der Waals surface area contributed by atoms with Gasteiger partial charge in [0.2, 0.25) is 0 Å². The molecule has 88 valence electrons. The highest BCUT2D eigenvalue weighted by Crippen LogP contribution is 2.69. The Labute approximate surface area is 93.2 Å². The van der Waals surface area contributed by atoms with Crippen molar-refractivity contribution in [2.45, 2.75) is 40.0 Å². The molecule has 0 saturated heterocycles. The molecule has 2 heteroatoms. The zero-order valence-corrected chi connectivity index (χ0v) is 10.3. The van der Waals surface area contributed by atoms with E-state index >= 15 is 0 Å². The Morgan fingerprint density at radius 3 is 2.40 bits per heavy atom. The number of fused-ring (bicyclic) bond motifs is 2. The van der Waals surface area contributed by atoms with Gasteiger partial charge in [-0.25, -0.2) is 0 Å². The Morgan fingerprint density at radius 2 is 2.07 bits per heavy atom. The van der Waals surface area contributed by atoms with Gasteiger partial charge < -0.3 is 10.8 Å². The molecule has 0 aliphatic heterocycles. The van der Waals surface area contributed by atoms with Gasteiger partial charge in [0.25, 0.3) is 0 Å². The van der Waals surface area contributed by atoms with Gasteiger partial charge in [0.15, 0.2) is 0 Å². The molecule has 0 spiro atoms. The van der Waals surface area contributed by atoms with Gasteiger partial charge in [-0.05, 0) is 54.4 Å². The van der Waals surface area contributed by atoms with Crippen molar-refractivity contribution < 1.29 is 5.11 Å². The van der Waals surface area contributed by atoms with Crippen LogP contribution in [-0.2, 0) is 0 Å². The Hall–Kier alpha value is -0.0800. The number of aliphatic hydroxyl groups is 1. The van der Waals surface area contributed by atoms with Crippen LogP contribution >= 0.6 is 0 Å². The number of nitrogens with two attached hydrogens (primary N) is 1. The smallest absolute Gasteiger partial charge is 0.0474 e. The molecule has 0 heterocycles. The predicted molar refractivity (Wildman–Crippen MR) is 62.3 cm³/mol. The first-order chi connectivity index (χ1) is 6.97. The van der Waals surface area contributed by atoms with Crippen molar-refractivity contribution in [1.29, 1.82) is 0 Å². The molecule has 2 nitrogen and oxygen atoms in total. The van der Waals surface area contributed by atoms with Crippen molar-refractivity contribution in [1.82, 2.24) is 0 Å². The highest BCUT2D eigenvalue weighted by molar-refractivity contribution is 5.11. The van der Waals surface area contributed by atoms with Crippen LogP contribution in [0.15, 0.2) is 0 Å². The first-order valence-corrected chi connectivity index (χ1v) is 6.28. The van der Waals surface area contributed by atoms with Gasteiger partial charge in [-0.2, -0.15) is 0 Å². The predicted octanol–water partition coefficient (Wildman–Crippen LogP) is 2.02. The van der Waals surface area contributed by atoms with E-state index < -0.39 is 0 Å². The van der Waals surface area contributed by atoms with Crippen LogP contribution in [0.5, 0.6) is 0 Å². The topological polar surface area (TPSA) is 46.2 Å². The summed E-state index contributed by atoms with van der Waals surface area (Å²) >= 11 is 0. The van der Waals surface area contributed by atoms with E-state index in [-0.39, 0.29) is 6.61 Å². The molecule has 2 rings (SSSR count). The van der Waals surface area contributed by atoms with Crippen molar-refractivity contribution in [2.75, 3.05) is 13.2 Å². The molecule has 4 unspecified atom stereocenters. The minimum Gasteiger partial charge on any atom is -0.396 e. The van der Waals surface area contributed by atoms with Crippen LogP contribution in [0.1, 0.15) is 40.0 Å². The average molecular weight is 211 g/mol. The minimum atomic E-state index is 0.263. The summed E-state index contributed by atoms with van der Waals surface area (Å²) in [6.07, 6.45) is 3.99. The second-order valence-electron chi connectivity index (χ2n) is 6.40. The lowest BCUT2D eigenvalue weighted by molar-refractivity contribution is 0.0455. The fourth-order valence-corrected chi connectivity index (χ4v) is 4.34. The molecule has 2 aliphatic carbocycles. The largest absolute Gasteiger partial charge is 0.396 e. The van der Waals surface area contributed by atoms with Gasteiger partial charge in [-0.3, -0.25) is 0 Å². The first-order valence-electron chi connectivity index (χ1n) is 6.28. The second kappa shape index (κ2) is 3.46. The molecule has 0 amide bonds. The molecule has 0 radical (unpaired) electrons. The highest BCUT2D eigenvalue weighted by atomic mass is 16.3. The zero-order chi connectivity index (χ0) is 11.3. The average Bonchev–Trinajstić information content (AvgIpc) is 2.52. The first kappa shape index (κ1) is 11.4. The summed E-state index contributed by atoms with van der Waals surface area (Å²) in [5, 5.41) is 9.42. The van der Waals surface area contributed by atoms with Gasteiger partial charge in [-0.15, -0.1) is 0 Å². The van der Waals surface area contributed by atoms with E-state index in [4.69, 9.17) is 5.73 Å². The summed E-state index contributed by atoms with van der Waals surface area (Å²) in [4.78, 5) is 0. The van der Waals surface area contributed by atoms with Crippen molar-refractivity contribution in [3.05, 3.63) is 0 Å². The lowest BCUT2D eigenvalue weighted by Crippen LogP contribution is -2.39. The fraction of sp³-hybridized carbons (Fsp3) is 1.00. The monoisotopic (exact) mass is 211 g/mol. The Kier molecular flexibility index (Phi) is 2.63. The van der Waals surface area contributed by atoms with E-state index in [0.29, 0.717) is 29.2 Å². The van der Waals surface area contributed by atoms with E-state index in [0.717, 1.165) is 5.92 Å². The molecule has 4 atom stereocenters. The van der Waals surface area contributed by atoms with E-state index in [1.165, 1.54) is 19.3 Å². The maximum Gasteiger partial charge on any atom is 0.0474 e. The van der Waals surface area contributed by atoms with Crippen molar-refractivity contribution in [3.63, 3.8) is 0 Å². The minimum absolute atomic E-state index is 0.263. The van der Waals surface area contributed by atoms with Gasteiger partial charge in [-0.1, -0.05) is 20.8 Å². The van der Waals surface area contributed by atoms with Gasteiger partial charge >= 0.3 is 0 Å². The lowest BCUT2D eigenvalue weighted by Gasteiger charge is -2.42. The maximum atomic E-state index is 9.42. The third kappa shape index (κ3) is 1.31.